The molecule has 1 atom stereocenters. The van der Waals surface area contributed by atoms with Crippen LogP contribution in [0.1, 0.15) is 47.0 Å². The molecule has 1 heterocycles. The number of rotatable bonds is 5. The van der Waals surface area contributed by atoms with E-state index in [0.717, 1.165) is 6.54 Å². The van der Waals surface area contributed by atoms with E-state index in [1.165, 1.54) is 38.9 Å². The number of hydrogen-bond donors (Lipinski definition) is 1. The molecule has 1 N–H and O–H groups in total. The zero-order valence-electron chi connectivity index (χ0n) is 11.0. The van der Waals surface area contributed by atoms with E-state index in [2.05, 4.69) is 37.9 Å². The van der Waals surface area contributed by atoms with Crippen molar-refractivity contribution in [3.05, 3.63) is 0 Å². The molecule has 0 aromatic heterocycles. The summed E-state index contributed by atoms with van der Waals surface area (Å²) in [5.74, 6) is 0. The maximum Gasteiger partial charge on any atom is 0.00872 e. The van der Waals surface area contributed by atoms with E-state index in [1.807, 2.05) is 0 Å². The molecule has 1 aliphatic heterocycles. The van der Waals surface area contributed by atoms with Crippen molar-refractivity contribution in [2.75, 3.05) is 26.2 Å². The Balaban J connectivity index is 2.01. The summed E-state index contributed by atoms with van der Waals surface area (Å²) < 4.78 is 0. The fraction of sp³-hybridized carbons (Fsp3) is 1.00. The molecule has 90 valence electrons. The maximum absolute atomic E-state index is 3.62. The van der Waals surface area contributed by atoms with Crippen LogP contribution >= 0.6 is 0 Å². The first kappa shape index (κ1) is 13.0. The van der Waals surface area contributed by atoms with Crippen LogP contribution in [0.4, 0.5) is 0 Å². The fourth-order valence-corrected chi connectivity index (χ4v) is 1.93. The smallest absolute Gasteiger partial charge is 0.00872 e. The third-order valence-corrected chi connectivity index (χ3v) is 3.60. The van der Waals surface area contributed by atoms with E-state index in [1.54, 1.807) is 0 Å². The molecule has 0 radical (unpaired) electrons. The van der Waals surface area contributed by atoms with Crippen LogP contribution in [0.3, 0.4) is 0 Å². The summed E-state index contributed by atoms with van der Waals surface area (Å²) >= 11 is 0. The Morgan fingerprint density at radius 1 is 1.20 bits per heavy atom. The first-order chi connectivity index (χ1) is 7.00. The van der Waals surface area contributed by atoms with E-state index in [9.17, 15) is 0 Å². The monoisotopic (exact) mass is 212 g/mol. The van der Waals surface area contributed by atoms with Crippen molar-refractivity contribution in [2.24, 2.45) is 5.41 Å². The van der Waals surface area contributed by atoms with Crippen molar-refractivity contribution in [1.29, 1.82) is 0 Å². The number of hydrogen-bond acceptors (Lipinski definition) is 2. The Morgan fingerprint density at radius 3 is 2.33 bits per heavy atom. The first-order valence-electron chi connectivity index (χ1n) is 6.46. The van der Waals surface area contributed by atoms with Gasteiger partial charge in [0, 0.05) is 6.04 Å². The number of likely N-dealkylation sites (tertiary alicyclic amines) is 1. The quantitative estimate of drug-likeness (QED) is 0.704. The van der Waals surface area contributed by atoms with Crippen LogP contribution in [-0.2, 0) is 0 Å². The van der Waals surface area contributed by atoms with E-state index >= 15 is 0 Å². The minimum Gasteiger partial charge on any atom is -0.314 e. The van der Waals surface area contributed by atoms with Crippen LogP contribution < -0.4 is 5.32 Å². The highest BCUT2D eigenvalue weighted by molar-refractivity contribution is 4.76. The van der Waals surface area contributed by atoms with Gasteiger partial charge in [-0.05, 0) is 57.8 Å². The van der Waals surface area contributed by atoms with Crippen molar-refractivity contribution in [3.8, 4) is 0 Å². The SMILES string of the molecule is CC(NCCCN1CCCC1)C(C)(C)C. The lowest BCUT2D eigenvalue weighted by atomic mass is 9.88. The van der Waals surface area contributed by atoms with E-state index in [4.69, 9.17) is 0 Å². The van der Waals surface area contributed by atoms with Crippen LogP contribution in [0.15, 0.2) is 0 Å². The van der Waals surface area contributed by atoms with Gasteiger partial charge in [0.05, 0.1) is 0 Å². The van der Waals surface area contributed by atoms with Gasteiger partial charge in [-0.3, -0.25) is 0 Å². The average Bonchev–Trinajstić information content (AvgIpc) is 2.63. The van der Waals surface area contributed by atoms with Crippen molar-refractivity contribution in [1.82, 2.24) is 10.2 Å². The first-order valence-corrected chi connectivity index (χ1v) is 6.46. The van der Waals surface area contributed by atoms with Gasteiger partial charge in [-0.25, -0.2) is 0 Å². The van der Waals surface area contributed by atoms with Gasteiger partial charge >= 0.3 is 0 Å². The van der Waals surface area contributed by atoms with Gasteiger partial charge in [0.15, 0.2) is 0 Å². The lowest BCUT2D eigenvalue weighted by Crippen LogP contribution is -2.39. The van der Waals surface area contributed by atoms with Crippen LogP contribution in [0.25, 0.3) is 0 Å². The van der Waals surface area contributed by atoms with Gasteiger partial charge in [-0.1, -0.05) is 20.8 Å². The Bertz CT molecular complexity index is 166. The predicted octanol–water partition coefficient (Wildman–Crippen LogP) is 2.50. The summed E-state index contributed by atoms with van der Waals surface area (Å²) in [5, 5.41) is 3.62. The molecule has 0 aliphatic carbocycles. The highest BCUT2D eigenvalue weighted by Gasteiger charge is 2.18. The molecule has 0 aromatic rings. The van der Waals surface area contributed by atoms with Crippen LogP contribution in [0.2, 0.25) is 0 Å². The molecule has 2 heteroatoms. The molecule has 1 unspecified atom stereocenters. The van der Waals surface area contributed by atoms with Gasteiger partial charge in [-0.15, -0.1) is 0 Å². The largest absolute Gasteiger partial charge is 0.314 e. The summed E-state index contributed by atoms with van der Waals surface area (Å²) in [6.07, 6.45) is 4.11. The van der Waals surface area contributed by atoms with E-state index in [0.29, 0.717) is 11.5 Å². The molecule has 0 aromatic carbocycles. The standard InChI is InChI=1S/C13H28N2/c1-12(13(2,3)4)14-8-7-11-15-9-5-6-10-15/h12,14H,5-11H2,1-4H3. The Kier molecular flexibility index (Phi) is 5.07. The minimum absolute atomic E-state index is 0.383. The summed E-state index contributed by atoms with van der Waals surface area (Å²) in [6, 6.07) is 0.607. The third kappa shape index (κ3) is 4.98. The molecule has 0 amide bonds. The third-order valence-electron chi connectivity index (χ3n) is 3.60. The van der Waals surface area contributed by atoms with Gasteiger partial charge in [-0.2, -0.15) is 0 Å². The molecule has 15 heavy (non-hydrogen) atoms. The summed E-state index contributed by atoms with van der Waals surface area (Å²) in [5.41, 5.74) is 0.383. The Morgan fingerprint density at radius 2 is 1.80 bits per heavy atom. The fourth-order valence-electron chi connectivity index (χ4n) is 1.93. The second-order valence-corrected chi connectivity index (χ2v) is 5.94. The summed E-state index contributed by atoms with van der Waals surface area (Å²) in [7, 11) is 0. The number of nitrogens with one attached hydrogen (secondary N) is 1. The highest BCUT2D eigenvalue weighted by Crippen LogP contribution is 2.18. The number of nitrogens with zero attached hydrogens (tertiary/aromatic N) is 1. The summed E-state index contributed by atoms with van der Waals surface area (Å²) in [4.78, 5) is 2.59. The molecule has 1 fully saturated rings. The average molecular weight is 212 g/mol. The molecule has 1 aliphatic rings. The zero-order chi connectivity index (χ0) is 11.3. The molecule has 1 rings (SSSR count). The van der Waals surface area contributed by atoms with E-state index < -0.39 is 0 Å². The Hall–Kier alpha value is -0.0800. The molecule has 2 nitrogen and oxygen atoms in total. The van der Waals surface area contributed by atoms with Gasteiger partial charge in [0.2, 0.25) is 0 Å². The van der Waals surface area contributed by atoms with Crippen molar-refractivity contribution in [3.63, 3.8) is 0 Å². The normalized spacial score (nSPS) is 20.8. The lowest BCUT2D eigenvalue weighted by molar-refractivity contribution is 0.274. The molecular formula is C13H28N2. The van der Waals surface area contributed by atoms with Gasteiger partial charge < -0.3 is 10.2 Å². The van der Waals surface area contributed by atoms with Crippen molar-refractivity contribution < 1.29 is 0 Å². The summed E-state index contributed by atoms with van der Waals surface area (Å²) in [6.45, 7) is 14.3. The topological polar surface area (TPSA) is 15.3 Å². The van der Waals surface area contributed by atoms with Gasteiger partial charge in [0.1, 0.15) is 0 Å². The predicted molar refractivity (Wildman–Crippen MR) is 67.2 cm³/mol. The van der Waals surface area contributed by atoms with Crippen LogP contribution in [0.5, 0.6) is 0 Å². The van der Waals surface area contributed by atoms with Crippen molar-refractivity contribution >= 4 is 0 Å². The minimum atomic E-state index is 0.383. The van der Waals surface area contributed by atoms with Gasteiger partial charge in [0.25, 0.3) is 0 Å². The highest BCUT2D eigenvalue weighted by atomic mass is 15.1. The second-order valence-electron chi connectivity index (χ2n) is 5.94. The zero-order valence-corrected chi connectivity index (χ0v) is 11.0. The van der Waals surface area contributed by atoms with Crippen molar-refractivity contribution in [2.45, 2.75) is 53.0 Å². The molecule has 0 spiro atoms. The lowest BCUT2D eigenvalue weighted by Gasteiger charge is -2.28. The van der Waals surface area contributed by atoms with E-state index in [-0.39, 0.29) is 0 Å². The second kappa shape index (κ2) is 5.86. The maximum atomic E-state index is 3.62. The van der Waals surface area contributed by atoms with Crippen LogP contribution in [0, 0.1) is 5.41 Å². The Labute approximate surface area is 95.4 Å². The molecular weight excluding hydrogens is 184 g/mol. The van der Waals surface area contributed by atoms with Crippen LogP contribution in [-0.4, -0.2) is 37.1 Å². The molecule has 0 saturated carbocycles. The molecule has 1 saturated heterocycles. The molecule has 0 bridgehead atoms.